The van der Waals surface area contributed by atoms with Crippen LogP contribution in [0.5, 0.6) is 0 Å². The Hall–Kier alpha value is -3.72. The van der Waals surface area contributed by atoms with Gasteiger partial charge in [0.05, 0.1) is 22.4 Å². The van der Waals surface area contributed by atoms with Gasteiger partial charge < -0.3 is 15.2 Å². The Labute approximate surface area is 191 Å². The number of H-pyrrole nitrogens is 2. The maximum absolute atomic E-state index is 15.1. The number of hydrogen-bond acceptors (Lipinski definition) is 4. The third kappa shape index (κ3) is 3.19. The number of aromatic nitrogens is 4. The highest BCUT2D eigenvalue weighted by Gasteiger charge is 2.44. The number of fused-ring (bicyclic) bond motifs is 5. The Bertz CT molecular complexity index is 1480. The summed E-state index contributed by atoms with van der Waals surface area (Å²) in [6.45, 7) is 0. The predicted octanol–water partition coefficient (Wildman–Crippen LogP) is 4.40. The van der Waals surface area contributed by atoms with E-state index >= 15 is 4.39 Å². The van der Waals surface area contributed by atoms with Gasteiger partial charge in [-0.25, -0.2) is 19.3 Å². The van der Waals surface area contributed by atoms with E-state index in [1.165, 1.54) is 12.1 Å². The van der Waals surface area contributed by atoms with Crippen LogP contribution in [0.25, 0.3) is 22.2 Å². The largest absolute Gasteiger partial charge is 0.346 e. The fraction of sp³-hybridized carbons (Fsp3) is 0.217. The summed E-state index contributed by atoms with van der Waals surface area (Å²) in [5.74, 6) is -0.588. The van der Waals surface area contributed by atoms with Crippen LogP contribution < -0.4 is 10.9 Å². The van der Waals surface area contributed by atoms with E-state index in [9.17, 15) is 9.59 Å². The number of anilines is 1. The Morgan fingerprint density at radius 2 is 2.09 bits per heavy atom. The Kier molecular flexibility index (Phi) is 4.48. The van der Waals surface area contributed by atoms with Gasteiger partial charge in [-0.15, -0.1) is 0 Å². The SMILES string of the molecule is O=C(Nc1cc(Cl)c(-c2ccnc3[nH]ccc23)cc1F)N1[C@H]2CC[C@@H]1c1n[nH]c(=O)cc1C2. The van der Waals surface area contributed by atoms with Crippen molar-refractivity contribution in [1.29, 1.82) is 0 Å². The Morgan fingerprint density at radius 3 is 2.97 bits per heavy atom. The number of amides is 2. The first-order chi connectivity index (χ1) is 16.0. The zero-order valence-corrected chi connectivity index (χ0v) is 18.0. The monoisotopic (exact) mass is 464 g/mol. The molecule has 8 nitrogen and oxygen atoms in total. The van der Waals surface area contributed by atoms with Crippen LogP contribution in [-0.4, -0.2) is 37.1 Å². The molecule has 0 unspecified atom stereocenters. The molecule has 2 bridgehead atoms. The maximum atomic E-state index is 15.1. The van der Waals surface area contributed by atoms with E-state index < -0.39 is 11.8 Å². The van der Waals surface area contributed by atoms with Gasteiger partial charge >= 0.3 is 6.03 Å². The topological polar surface area (TPSA) is 107 Å². The molecule has 0 spiro atoms. The number of urea groups is 1. The number of nitrogens with one attached hydrogen (secondary N) is 3. The van der Waals surface area contributed by atoms with Crippen LogP contribution in [-0.2, 0) is 6.42 Å². The third-order valence-corrected chi connectivity index (χ3v) is 6.79. The third-order valence-electron chi connectivity index (χ3n) is 6.48. The second kappa shape index (κ2) is 7.41. The first-order valence-electron chi connectivity index (χ1n) is 10.6. The highest BCUT2D eigenvalue weighted by molar-refractivity contribution is 6.34. The molecule has 6 rings (SSSR count). The Balaban J connectivity index is 1.30. The fourth-order valence-electron chi connectivity index (χ4n) is 5.04. The van der Waals surface area contributed by atoms with Crippen molar-refractivity contribution in [3.8, 4) is 11.1 Å². The highest BCUT2D eigenvalue weighted by atomic mass is 35.5. The van der Waals surface area contributed by atoms with Crippen LogP contribution in [0.1, 0.15) is 30.1 Å². The molecular formula is C23H18ClFN6O2. The Morgan fingerprint density at radius 1 is 1.21 bits per heavy atom. The number of nitrogens with zero attached hydrogens (tertiary/aromatic N) is 3. The summed E-state index contributed by atoms with van der Waals surface area (Å²) >= 11 is 6.52. The van der Waals surface area contributed by atoms with Crippen LogP contribution in [0.15, 0.2) is 47.5 Å². The number of carbonyl (C=O) groups is 1. The second-order valence-electron chi connectivity index (χ2n) is 8.34. The lowest BCUT2D eigenvalue weighted by molar-refractivity contribution is 0.177. The number of rotatable bonds is 2. The summed E-state index contributed by atoms with van der Waals surface area (Å²) < 4.78 is 15.1. The molecule has 5 heterocycles. The number of benzene rings is 1. The van der Waals surface area contributed by atoms with Crippen molar-refractivity contribution in [1.82, 2.24) is 25.1 Å². The van der Waals surface area contributed by atoms with Gasteiger partial charge in [0.1, 0.15) is 11.5 Å². The van der Waals surface area contributed by atoms with Crippen LogP contribution >= 0.6 is 11.6 Å². The summed E-state index contributed by atoms with van der Waals surface area (Å²) in [6.07, 6.45) is 5.46. The standard InChI is InChI=1S/C23H18ClFN6O2/c24-16-10-18(17(25)9-15(16)13-3-5-26-22-14(13)4-6-27-22)28-23(33)31-12-1-2-19(31)21-11(7-12)8-20(32)29-30-21/h3-6,8-10,12,19H,1-2,7H2,(H,26,27)(H,28,33)(H,29,32)/t12-,19+/m0/s1. The number of halogens is 2. The molecule has 0 radical (unpaired) electrons. The minimum absolute atomic E-state index is 0.00717. The molecule has 4 aromatic rings. The van der Waals surface area contributed by atoms with Crippen LogP contribution in [0.3, 0.4) is 0 Å². The first-order valence-corrected chi connectivity index (χ1v) is 11.0. The van der Waals surface area contributed by atoms with Crippen molar-refractivity contribution >= 4 is 34.4 Å². The molecule has 10 heteroatoms. The van der Waals surface area contributed by atoms with E-state index in [1.807, 2.05) is 6.07 Å². The average molecular weight is 465 g/mol. The van der Waals surface area contributed by atoms with E-state index in [-0.39, 0.29) is 23.3 Å². The van der Waals surface area contributed by atoms with E-state index in [0.717, 1.165) is 29.4 Å². The second-order valence-corrected chi connectivity index (χ2v) is 8.75. The van der Waals surface area contributed by atoms with Crippen molar-refractivity contribution in [2.24, 2.45) is 0 Å². The lowest BCUT2D eigenvalue weighted by Gasteiger charge is -2.35. The average Bonchev–Trinajstić information content (AvgIpc) is 3.40. The van der Waals surface area contributed by atoms with Gasteiger partial charge in [-0.2, -0.15) is 5.10 Å². The van der Waals surface area contributed by atoms with E-state index in [0.29, 0.717) is 28.3 Å². The van der Waals surface area contributed by atoms with Crippen molar-refractivity contribution in [2.75, 3.05) is 5.32 Å². The molecule has 2 aliphatic heterocycles. The molecule has 1 fully saturated rings. The molecule has 1 aromatic carbocycles. The van der Waals surface area contributed by atoms with Gasteiger partial charge in [0.2, 0.25) is 0 Å². The van der Waals surface area contributed by atoms with Crippen molar-refractivity contribution < 1.29 is 9.18 Å². The minimum Gasteiger partial charge on any atom is -0.346 e. The van der Waals surface area contributed by atoms with Gasteiger partial charge in [0.25, 0.3) is 5.56 Å². The lowest BCUT2D eigenvalue weighted by Crippen LogP contribution is -2.45. The molecule has 2 aliphatic rings. The molecule has 3 aromatic heterocycles. The van der Waals surface area contributed by atoms with Gasteiger partial charge in [0, 0.05) is 35.5 Å². The summed E-state index contributed by atoms with van der Waals surface area (Å²) in [5.41, 5.74) is 3.25. The van der Waals surface area contributed by atoms with Gasteiger partial charge in [0.15, 0.2) is 0 Å². The van der Waals surface area contributed by atoms with E-state index in [2.05, 4.69) is 25.5 Å². The molecule has 1 saturated heterocycles. The zero-order valence-electron chi connectivity index (χ0n) is 17.2. The van der Waals surface area contributed by atoms with Crippen LogP contribution in [0.4, 0.5) is 14.9 Å². The van der Waals surface area contributed by atoms with E-state index in [4.69, 9.17) is 11.6 Å². The summed E-state index contributed by atoms with van der Waals surface area (Å²) in [6, 6.07) is 7.18. The van der Waals surface area contributed by atoms with Crippen molar-refractivity contribution in [3.05, 3.63) is 75.2 Å². The number of aromatic amines is 2. The zero-order chi connectivity index (χ0) is 22.7. The molecule has 3 N–H and O–H groups in total. The summed E-state index contributed by atoms with van der Waals surface area (Å²) in [7, 11) is 0. The fourth-order valence-corrected chi connectivity index (χ4v) is 5.31. The summed E-state index contributed by atoms with van der Waals surface area (Å²) in [4.78, 5) is 33.7. The predicted molar refractivity (Wildman–Crippen MR) is 122 cm³/mol. The molecule has 0 aliphatic carbocycles. The smallest absolute Gasteiger partial charge is 0.322 e. The molecule has 0 saturated carbocycles. The number of pyridine rings is 1. The normalized spacial score (nSPS) is 19.0. The molecule has 33 heavy (non-hydrogen) atoms. The molecular weight excluding hydrogens is 447 g/mol. The van der Waals surface area contributed by atoms with Gasteiger partial charge in [-0.3, -0.25) is 4.79 Å². The minimum atomic E-state index is -0.588. The van der Waals surface area contributed by atoms with Gasteiger partial charge in [-0.1, -0.05) is 11.6 Å². The van der Waals surface area contributed by atoms with Gasteiger partial charge in [-0.05, 0) is 54.7 Å². The maximum Gasteiger partial charge on any atom is 0.322 e. The quantitative estimate of drug-likeness (QED) is 0.408. The van der Waals surface area contributed by atoms with Crippen LogP contribution in [0, 0.1) is 5.82 Å². The van der Waals surface area contributed by atoms with E-state index in [1.54, 1.807) is 29.4 Å². The molecule has 166 valence electrons. The lowest BCUT2D eigenvalue weighted by atomic mass is 9.99. The first kappa shape index (κ1) is 19.9. The summed E-state index contributed by atoms with van der Waals surface area (Å²) in [5, 5.41) is 10.4. The molecule has 2 atom stereocenters. The molecule has 2 amide bonds. The highest BCUT2D eigenvalue weighted by Crippen LogP contribution is 2.43. The number of carbonyl (C=O) groups excluding carboxylic acids is 1. The van der Waals surface area contributed by atoms with Crippen molar-refractivity contribution in [3.63, 3.8) is 0 Å². The number of hydrogen-bond donors (Lipinski definition) is 3. The van der Waals surface area contributed by atoms with Crippen molar-refractivity contribution in [2.45, 2.75) is 31.3 Å². The van der Waals surface area contributed by atoms with Crippen LogP contribution in [0.2, 0.25) is 5.02 Å².